The van der Waals surface area contributed by atoms with Crippen molar-refractivity contribution in [1.29, 1.82) is 0 Å². The van der Waals surface area contributed by atoms with Crippen LogP contribution in [0.3, 0.4) is 0 Å². The third-order valence-corrected chi connectivity index (χ3v) is 3.24. The molecule has 0 heterocycles. The second-order valence-electron chi connectivity index (χ2n) is 5.66. The summed E-state index contributed by atoms with van der Waals surface area (Å²) in [6.07, 6.45) is 0. The Hall–Kier alpha value is -0.200. The highest BCUT2D eigenvalue weighted by molar-refractivity contribution is 4.89. The van der Waals surface area contributed by atoms with E-state index in [-0.39, 0.29) is 24.1 Å². The first kappa shape index (κ1) is 17.8. The molecular weight excluding hydrogens is 232 g/mol. The van der Waals surface area contributed by atoms with Crippen LogP contribution in [0, 0.1) is 5.41 Å². The van der Waals surface area contributed by atoms with E-state index in [2.05, 4.69) is 25.7 Å². The average molecular weight is 262 g/mol. The molecule has 0 aromatic heterocycles. The molecule has 2 unspecified atom stereocenters. The van der Waals surface area contributed by atoms with Gasteiger partial charge in [0.25, 0.3) is 0 Å². The van der Waals surface area contributed by atoms with Crippen molar-refractivity contribution in [3.8, 4) is 0 Å². The molecule has 0 aliphatic rings. The second-order valence-corrected chi connectivity index (χ2v) is 5.66. The Morgan fingerprint density at radius 3 is 1.83 bits per heavy atom. The van der Waals surface area contributed by atoms with Crippen molar-refractivity contribution in [3.05, 3.63) is 0 Å². The maximum Gasteiger partial charge on any atom is 0.0602 e. The van der Waals surface area contributed by atoms with Crippen LogP contribution in [0.15, 0.2) is 0 Å². The Balaban J connectivity index is 4.67. The van der Waals surface area contributed by atoms with Gasteiger partial charge in [-0.15, -0.1) is 0 Å². The minimum absolute atomic E-state index is 0.0475. The monoisotopic (exact) mass is 262 g/mol. The Labute approximate surface area is 111 Å². The predicted octanol–water partition coefficient (Wildman–Crippen LogP) is 0.316. The standard InChI is InChI=1S/C13H30N2O3/c1-13(2,3)12(14)11(10-16)15(6-8-17-4)7-9-18-5/h11-12,16H,6-10,14H2,1-5H3. The van der Waals surface area contributed by atoms with E-state index in [0.717, 1.165) is 13.1 Å². The van der Waals surface area contributed by atoms with Crippen LogP contribution in [-0.4, -0.2) is 69.2 Å². The van der Waals surface area contributed by atoms with Crippen LogP contribution in [0.5, 0.6) is 0 Å². The van der Waals surface area contributed by atoms with Crippen molar-refractivity contribution < 1.29 is 14.6 Å². The minimum Gasteiger partial charge on any atom is -0.395 e. The van der Waals surface area contributed by atoms with Gasteiger partial charge in [0.2, 0.25) is 0 Å². The highest BCUT2D eigenvalue weighted by Gasteiger charge is 2.32. The van der Waals surface area contributed by atoms with Gasteiger partial charge in [-0.1, -0.05) is 20.8 Å². The number of hydrogen-bond acceptors (Lipinski definition) is 5. The summed E-state index contributed by atoms with van der Waals surface area (Å²) in [5.41, 5.74) is 6.22. The fourth-order valence-electron chi connectivity index (χ4n) is 1.89. The van der Waals surface area contributed by atoms with Gasteiger partial charge in [0.05, 0.1) is 19.8 Å². The van der Waals surface area contributed by atoms with Gasteiger partial charge in [-0.05, 0) is 5.41 Å². The SMILES string of the molecule is COCCN(CCOC)C(CO)C(N)C(C)(C)C. The van der Waals surface area contributed by atoms with Crippen LogP contribution in [0.4, 0.5) is 0 Å². The van der Waals surface area contributed by atoms with Gasteiger partial charge in [0.1, 0.15) is 0 Å². The molecule has 2 atom stereocenters. The lowest BCUT2D eigenvalue weighted by Crippen LogP contribution is -2.56. The second kappa shape index (κ2) is 8.82. The first-order valence-electron chi connectivity index (χ1n) is 6.46. The van der Waals surface area contributed by atoms with Gasteiger partial charge in [-0.3, -0.25) is 4.90 Å². The molecule has 3 N–H and O–H groups in total. The summed E-state index contributed by atoms with van der Waals surface area (Å²) in [6.45, 7) is 9.05. The number of nitrogens with two attached hydrogens (primary N) is 1. The number of aliphatic hydroxyl groups excluding tert-OH is 1. The molecule has 0 aliphatic carbocycles. The summed E-state index contributed by atoms with van der Waals surface area (Å²) in [4.78, 5) is 2.14. The lowest BCUT2D eigenvalue weighted by molar-refractivity contribution is 0.0337. The molecule has 110 valence electrons. The normalized spacial score (nSPS) is 16.0. The molecule has 0 bridgehead atoms. The molecule has 0 aromatic carbocycles. The number of rotatable bonds is 9. The van der Waals surface area contributed by atoms with Crippen LogP contribution in [0.2, 0.25) is 0 Å². The number of hydrogen-bond donors (Lipinski definition) is 2. The topological polar surface area (TPSA) is 68.0 Å². The van der Waals surface area contributed by atoms with E-state index < -0.39 is 0 Å². The zero-order valence-electron chi connectivity index (χ0n) is 12.5. The van der Waals surface area contributed by atoms with E-state index >= 15 is 0 Å². The highest BCUT2D eigenvalue weighted by atomic mass is 16.5. The summed E-state index contributed by atoms with van der Waals surface area (Å²) >= 11 is 0. The highest BCUT2D eigenvalue weighted by Crippen LogP contribution is 2.22. The largest absolute Gasteiger partial charge is 0.395 e. The first-order valence-corrected chi connectivity index (χ1v) is 6.46. The maximum atomic E-state index is 9.63. The fourth-order valence-corrected chi connectivity index (χ4v) is 1.89. The molecule has 0 aromatic rings. The number of methoxy groups -OCH3 is 2. The molecule has 0 amide bonds. The van der Waals surface area contributed by atoms with Crippen LogP contribution >= 0.6 is 0 Å². The molecule has 0 radical (unpaired) electrons. The fraction of sp³-hybridized carbons (Fsp3) is 1.00. The Morgan fingerprint density at radius 1 is 1.11 bits per heavy atom. The van der Waals surface area contributed by atoms with Gasteiger partial charge in [-0.2, -0.15) is 0 Å². The van der Waals surface area contributed by atoms with Gasteiger partial charge < -0.3 is 20.3 Å². The molecule has 5 nitrogen and oxygen atoms in total. The first-order chi connectivity index (χ1) is 8.38. The zero-order chi connectivity index (χ0) is 14.2. The van der Waals surface area contributed by atoms with E-state index in [1.807, 2.05) is 0 Å². The molecule has 0 aliphatic heterocycles. The summed E-state index contributed by atoms with van der Waals surface area (Å²) in [6, 6.07) is -0.175. The van der Waals surface area contributed by atoms with Crippen molar-refractivity contribution in [2.24, 2.45) is 11.1 Å². The van der Waals surface area contributed by atoms with Gasteiger partial charge in [0.15, 0.2) is 0 Å². The van der Waals surface area contributed by atoms with E-state index in [1.165, 1.54) is 0 Å². The van der Waals surface area contributed by atoms with E-state index in [1.54, 1.807) is 14.2 Å². The predicted molar refractivity (Wildman–Crippen MR) is 73.6 cm³/mol. The van der Waals surface area contributed by atoms with Gasteiger partial charge >= 0.3 is 0 Å². The molecular formula is C13H30N2O3. The zero-order valence-corrected chi connectivity index (χ0v) is 12.5. The van der Waals surface area contributed by atoms with Crippen molar-refractivity contribution >= 4 is 0 Å². The number of ether oxygens (including phenoxy) is 2. The molecule has 5 heteroatoms. The van der Waals surface area contributed by atoms with Crippen molar-refractivity contribution in [2.75, 3.05) is 47.1 Å². The molecule has 0 saturated heterocycles. The van der Waals surface area contributed by atoms with E-state index in [9.17, 15) is 5.11 Å². The summed E-state index contributed by atoms with van der Waals surface area (Å²) < 4.78 is 10.2. The molecule has 0 fully saturated rings. The number of nitrogens with zero attached hydrogens (tertiary/aromatic N) is 1. The molecule has 0 spiro atoms. The Morgan fingerprint density at radius 2 is 1.56 bits per heavy atom. The third kappa shape index (κ3) is 6.11. The van der Waals surface area contributed by atoms with Crippen LogP contribution in [0.1, 0.15) is 20.8 Å². The van der Waals surface area contributed by atoms with Gasteiger partial charge in [-0.25, -0.2) is 0 Å². The van der Waals surface area contributed by atoms with Crippen molar-refractivity contribution in [3.63, 3.8) is 0 Å². The molecule has 0 rings (SSSR count). The average Bonchev–Trinajstić information content (AvgIpc) is 2.31. The number of aliphatic hydroxyl groups is 1. The maximum absolute atomic E-state index is 9.63. The third-order valence-electron chi connectivity index (χ3n) is 3.24. The van der Waals surface area contributed by atoms with Crippen LogP contribution in [0.25, 0.3) is 0 Å². The van der Waals surface area contributed by atoms with Gasteiger partial charge in [0, 0.05) is 39.4 Å². The lowest BCUT2D eigenvalue weighted by Gasteiger charge is -2.40. The minimum atomic E-state index is -0.101. The quantitative estimate of drug-likeness (QED) is 0.626. The molecule has 0 saturated carbocycles. The van der Waals surface area contributed by atoms with Crippen LogP contribution < -0.4 is 5.73 Å². The molecule has 18 heavy (non-hydrogen) atoms. The lowest BCUT2D eigenvalue weighted by atomic mass is 9.82. The van der Waals surface area contributed by atoms with Crippen LogP contribution in [-0.2, 0) is 9.47 Å². The summed E-state index contributed by atoms with van der Waals surface area (Å²) in [5, 5.41) is 9.63. The van der Waals surface area contributed by atoms with E-state index in [4.69, 9.17) is 15.2 Å². The van der Waals surface area contributed by atoms with E-state index in [0.29, 0.717) is 13.2 Å². The Kier molecular flexibility index (Phi) is 8.73. The smallest absolute Gasteiger partial charge is 0.0602 e. The Bertz CT molecular complexity index is 199. The van der Waals surface area contributed by atoms with Crippen molar-refractivity contribution in [1.82, 2.24) is 4.90 Å². The summed E-state index contributed by atoms with van der Waals surface area (Å²) in [5.74, 6) is 0. The summed E-state index contributed by atoms with van der Waals surface area (Å²) in [7, 11) is 3.35. The van der Waals surface area contributed by atoms with Crippen molar-refractivity contribution in [2.45, 2.75) is 32.9 Å².